The minimum absolute atomic E-state index is 0.562. The van der Waals surface area contributed by atoms with Gasteiger partial charge in [0.1, 0.15) is 5.75 Å². The third-order valence-corrected chi connectivity index (χ3v) is 4.47. The number of aromatic nitrogens is 2. The first-order chi connectivity index (χ1) is 13.7. The van der Waals surface area contributed by atoms with Crippen LogP contribution in [-0.4, -0.2) is 22.6 Å². The molecule has 0 radical (unpaired) electrons. The molecule has 0 unspecified atom stereocenters. The van der Waals surface area contributed by atoms with Gasteiger partial charge in [-0.2, -0.15) is 0 Å². The number of hydrogen-bond donors (Lipinski definition) is 1. The van der Waals surface area contributed by atoms with Gasteiger partial charge < -0.3 is 19.6 Å². The Hall–Kier alpha value is -3.47. The van der Waals surface area contributed by atoms with Crippen LogP contribution in [0.3, 0.4) is 0 Å². The lowest BCUT2D eigenvalue weighted by Gasteiger charge is -2.09. The highest BCUT2D eigenvalue weighted by Gasteiger charge is 2.09. The molecule has 0 aliphatic heterocycles. The maximum atomic E-state index is 5.96. The van der Waals surface area contributed by atoms with Crippen molar-refractivity contribution in [3.8, 4) is 22.8 Å². The number of nitrogen functional groups attached to an aromatic ring is 1. The molecule has 5 nitrogen and oxygen atoms in total. The molecular weight excluding hydrogens is 350 g/mol. The monoisotopic (exact) mass is 373 g/mol. The van der Waals surface area contributed by atoms with Crippen molar-refractivity contribution >= 4 is 11.3 Å². The highest BCUT2D eigenvalue weighted by Crippen LogP contribution is 2.25. The molecule has 2 aromatic heterocycles. The Morgan fingerprint density at radius 3 is 2.61 bits per heavy atom. The number of imidazole rings is 1. The van der Waals surface area contributed by atoms with Gasteiger partial charge in [-0.25, -0.2) is 4.98 Å². The van der Waals surface area contributed by atoms with Crippen LogP contribution in [0.2, 0.25) is 0 Å². The lowest BCUT2D eigenvalue weighted by atomic mass is 10.1. The highest BCUT2D eigenvalue weighted by atomic mass is 16.5. The number of rotatable bonds is 7. The Bertz CT molecular complexity index is 1070. The number of fused-ring (bicyclic) bond motifs is 1. The minimum Gasteiger partial charge on any atom is -0.493 e. The molecule has 0 bridgehead atoms. The van der Waals surface area contributed by atoms with Crippen molar-refractivity contribution in [2.45, 2.75) is 13.3 Å². The molecule has 0 fully saturated rings. The van der Waals surface area contributed by atoms with Crippen LogP contribution in [-0.2, 0) is 0 Å². The van der Waals surface area contributed by atoms with E-state index in [0.29, 0.717) is 13.2 Å². The van der Waals surface area contributed by atoms with Gasteiger partial charge in [0.2, 0.25) is 0 Å². The predicted molar refractivity (Wildman–Crippen MR) is 112 cm³/mol. The Morgan fingerprint density at radius 2 is 1.79 bits per heavy atom. The molecule has 2 aromatic carbocycles. The van der Waals surface area contributed by atoms with Crippen LogP contribution in [0.15, 0.2) is 73.1 Å². The van der Waals surface area contributed by atoms with Gasteiger partial charge in [0, 0.05) is 30.1 Å². The third kappa shape index (κ3) is 4.09. The average molecular weight is 373 g/mol. The van der Waals surface area contributed by atoms with Crippen LogP contribution in [0.1, 0.15) is 12.0 Å². The normalized spacial score (nSPS) is 10.9. The topological polar surface area (TPSA) is 61.8 Å². The fourth-order valence-electron chi connectivity index (χ4n) is 3.00. The number of anilines is 1. The van der Waals surface area contributed by atoms with Crippen LogP contribution in [0.25, 0.3) is 16.9 Å². The van der Waals surface area contributed by atoms with Crippen LogP contribution < -0.4 is 15.2 Å². The van der Waals surface area contributed by atoms with Crippen molar-refractivity contribution in [1.82, 2.24) is 9.38 Å². The number of nitrogens with zero attached hydrogens (tertiary/aromatic N) is 2. The van der Waals surface area contributed by atoms with E-state index < -0.39 is 0 Å². The predicted octanol–water partition coefficient (Wildman–Crippen LogP) is 4.74. The Labute approximate surface area is 164 Å². The fourth-order valence-corrected chi connectivity index (χ4v) is 3.00. The first kappa shape index (κ1) is 17.9. The zero-order valence-electron chi connectivity index (χ0n) is 15.8. The zero-order valence-corrected chi connectivity index (χ0v) is 15.8. The molecule has 0 spiro atoms. The number of nitrogens with two attached hydrogens (primary N) is 1. The van der Waals surface area contributed by atoms with Crippen molar-refractivity contribution in [2.75, 3.05) is 18.9 Å². The molecule has 4 rings (SSSR count). The molecule has 28 heavy (non-hydrogen) atoms. The summed E-state index contributed by atoms with van der Waals surface area (Å²) < 4.78 is 13.7. The van der Waals surface area contributed by atoms with E-state index in [1.165, 1.54) is 5.56 Å². The van der Waals surface area contributed by atoms with Crippen molar-refractivity contribution in [3.05, 3.63) is 78.6 Å². The first-order valence-corrected chi connectivity index (χ1v) is 9.35. The molecule has 142 valence electrons. The summed E-state index contributed by atoms with van der Waals surface area (Å²) >= 11 is 0. The first-order valence-electron chi connectivity index (χ1n) is 9.35. The van der Waals surface area contributed by atoms with Gasteiger partial charge in [-0.15, -0.1) is 0 Å². The van der Waals surface area contributed by atoms with Gasteiger partial charge in [-0.3, -0.25) is 0 Å². The molecule has 0 aliphatic rings. The van der Waals surface area contributed by atoms with E-state index >= 15 is 0 Å². The Balaban J connectivity index is 1.39. The second-order valence-corrected chi connectivity index (χ2v) is 6.72. The summed E-state index contributed by atoms with van der Waals surface area (Å²) in [7, 11) is 0. The van der Waals surface area contributed by atoms with Gasteiger partial charge >= 0.3 is 0 Å². The number of hydrogen-bond acceptors (Lipinski definition) is 4. The van der Waals surface area contributed by atoms with E-state index in [2.05, 4.69) is 6.92 Å². The van der Waals surface area contributed by atoms with Crippen molar-refractivity contribution in [2.24, 2.45) is 0 Å². The molecule has 0 amide bonds. The smallest absolute Gasteiger partial charge is 0.180 e. The molecule has 0 atom stereocenters. The van der Waals surface area contributed by atoms with Crippen LogP contribution in [0, 0.1) is 6.92 Å². The molecule has 0 saturated heterocycles. The van der Waals surface area contributed by atoms with Gasteiger partial charge in [0.25, 0.3) is 0 Å². The van der Waals surface area contributed by atoms with E-state index in [0.717, 1.165) is 40.5 Å². The summed E-state index contributed by atoms with van der Waals surface area (Å²) in [6.45, 7) is 3.23. The number of benzene rings is 2. The standard InChI is InChI=1S/C23H23N3O2/c1-17-8-10-20(11-9-17)27-13-4-14-28-22-7-3-12-26-16-21(25-23(22)26)18-5-2-6-19(24)15-18/h2-3,5-12,15-16H,4,13-14,24H2,1H3. The van der Waals surface area contributed by atoms with E-state index in [1.54, 1.807) is 0 Å². The summed E-state index contributed by atoms with van der Waals surface area (Å²) in [4.78, 5) is 4.73. The second-order valence-electron chi connectivity index (χ2n) is 6.72. The summed E-state index contributed by atoms with van der Waals surface area (Å²) in [5.41, 5.74) is 10.5. The number of aryl methyl sites for hydroxylation is 1. The largest absolute Gasteiger partial charge is 0.493 e. The summed E-state index contributed by atoms with van der Waals surface area (Å²) in [6, 6.07) is 19.7. The molecule has 0 saturated carbocycles. The molecule has 2 heterocycles. The van der Waals surface area contributed by atoms with Gasteiger partial charge in [0.15, 0.2) is 11.4 Å². The average Bonchev–Trinajstić information content (AvgIpc) is 3.14. The molecule has 5 heteroatoms. The molecular formula is C23H23N3O2. The SMILES string of the molecule is Cc1ccc(OCCCOc2cccn3cc(-c4cccc(N)c4)nc23)cc1. The quantitative estimate of drug-likeness (QED) is 0.375. The lowest BCUT2D eigenvalue weighted by molar-refractivity contribution is 0.248. The minimum atomic E-state index is 0.562. The lowest BCUT2D eigenvalue weighted by Crippen LogP contribution is -2.05. The van der Waals surface area contributed by atoms with Crippen molar-refractivity contribution in [3.63, 3.8) is 0 Å². The maximum absolute atomic E-state index is 5.96. The van der Waals surface area contributed by atoms with Gasteiger partial charge in [-0.05, 0) is 43.3 Å². The maximum Gasteiger partial charge on any atom is 0.180 e. The van der Waals surface area contributed by atoms with Crippen LogP contribution >= 0.6 is 0 Å². The van der Waals surface area contributed by atoms with Gasteiger partial charge in [-0.1, -0.05) is 29.8 Å². The zero-order chi connectivity index (χ0) is 19.3. The summed E-state index contributed by atoms with van der Waals surface area (Å²) in [5, 5.41) is 0. The Morgan fingerprint density at radius 1 is 0.964 bits per heavy atom. The van der Waals surface area contributed by atoms with Gasteiger partial charge in [0.05, 0.1) is 18.9 Å². The van der Waals surface area contributed by atoms with Crippen LogP contribution in [0.5, 0.6) is 11.5 Å². The fraction of sp³-hybridized carbons (Fsp3) is 0.174. The van der Waals surface area contributed by atoms with E-state index in [9.17, 15) is 0 Å². The van der Waals surface area contributed by atoms with Crippen molar-refractivity contribution < 1.29 is 9.47 Å². The van der Waals surface area contributed by atoms with E-state index in [-0.39, 0.29) is 0 Å². The highest BCUT2D eigenvalue weighted by molar-refractivity contribution is 5.68. The van der Waals surface area contributed by atoms with Crippen LogP contribution in [0.4, 0.5) is 5.69 Å². The van der Waals surface area contributed by atoms with E-state index in [4.69, 9.17) is 20.2 Å². The number of pyridine rings is 1. The Kier molecular flexibility index (Phi) is 5.15. The van der Waals surface area contributed by atoms with Crippen molar-refractivity contribution in [1.29, 1.82) is 0 Å². The second kappa shape index (κ2) is 8.05. The molecule has 2 N–H and O–H groups in total. The number of ether oxygens (including phenoxy) is 2. The van der Waals surface area contributed by atoms with E-state index in [1.807, 2.05) is 77.5 Å². The summed E-state index contributed by atoms with van der Waals surface area (Å²) in [6.07, 6.45) is 4.74. The molecule has 4 aromatic rings. The summed E-state index contributed by atoms with van der Waals surface area (Å²) in [5.74, 6) is 1.64. The third-order valence-electron chi connectivity index (χ3n) is 4.47. The molecule has 0 aliphatic carbocycles.